The standard InChI is InChI=1S/C22H17Cl2N3O3S/c1-12-18-11-19(31-21(18)27(26-12)17-6-4-3-5-7-17)22(29)30-13(2)20(28)25-16-9-14(23)8-15(24)10-16/h3-11,13H,1-2H3,(H,25,28). The zero-order valence-electron chi connectivity index (χ0n) is 16.6. The zero-order chi connectivity index (χ0) is 22.1. The topological polar surface area (TPSA) is 73.2 Å². The Bertz CT molecular complexity index is 1260. The molecule has 0 aliphatic rings. The van der Waals surface area contributed by atoms with Crippen molar-refractivity contribution in [1.82, 2.24) is 9.78 Å². The molecule has 0 aliphatic carbocycles. The van der Waals surface area contributed by atoms with Gasteiger partial charge in [0.1, 0.15) is 9.71 Å². The summed E-state index contributed by atoms with van der Waals surface area (Å²) in [5.74, 6) is -1.06. The lowest BCUT2D eigenvalue weighted by Gasteiger charge is -2.13. The summed E-state index contributed by atoms with van der Waals surface area (Å²) in [6.07, 6.45) is -1.01. The summed E-state index contributed by atoms with van der Waals surface area (Å²) in [4.78, 5) is 26.3. The number of hydrogen-bond acceptors (Lipinski definition) is 5. The lowest BCUT2D eigenvalue weighted by atomic mass is 10.3. The average Bonchev–Trinajstić information content (AvgIpc) is 3.28. The first-order chi connectivity index (χ1) is 14.8. The van der Waals surface area contributed by atoms with E-state index in [-0.39, 0.29) is 0 Å². The van der Waals surface area contributed by atoms with E-state index in [2.05, 4.69) is 10.4 Å². The Hall–Kier alpha value is -2.87. The molecule has 0 spiro atoms. The van der Waals surface area contributed by atoms with E-state index in [0.29, 0.717) is 20.6 Å². The van der Waals surface area contributed by atoms with Crippen LogP contribution in [-0.4, -0.2) is 27.8 Å². The molecule has 4 rings (SSSR count). The smallest absolute Gasteiger partial charge is 0.349 e. The van der Waals surface area contributed by atoms with Crippen molar-refractivity contribution in [3.63, 3.8) is 0 Å². The van der Waals surface area contributed by atoms with Gasteiger partial charge in [-0.1, -0.05) is 41.4 Å². The summed E-state index contributed by atoms with van der Waals surface area (Å²) in [7, 11) is 0. The number of benzene rings is 2. The minimum atomic E-state index is -1.01. The Labute approximate surface area is 192 Å². The summed E-state index contributed by atoms with van der Waals surface area (Å²) in [5, 5.41) is 8.85. The van der Waals surface area contributed by atoms with Gasteiger partial charge in [-0.15, -0.1) is 11.3 Å². The molecule has 4 aromatic rings. The number of nitrogens with zero attached hydrogens (tertiary/aromatic N) is 2. The highest BCUT2D eigenvalue weighted by atomic mass is 35.5. The molecule has 0 saturated carbocycles. The summed E-state index contributed by atoms with van der Waals surface area (Å²) in [6.45, 7) is 3.39. The first kappa shape index (κ1) is 21.4. The summed E-state index contributed by atoms with van der Waals surface area (Å²) in [6, 6.07) is 16.1. The molecule has 158 valence electrons. The van der Waals surface area contributed by atoms with Gasteiger partial charge in [-0.2, -0.15) is 5.10 Å². The first-order valence-corrected chi connectivity index (χ1v) is 10.9. The Morgan fingerprint density at radius 1 is 1.10 bits per heavy atom. The largest absolute Gasteiger partial charge is 0.448 e. The number of aryl methyl sites for hydroxylation is 1. The van der Waals surface area contributed by atoms with Gasteiger partial charge in [0.15, 0.2) is 6.10 Å². The van der Waals surface area contributed by atoms with Crippen LogP contribution < -0.4 is 5.32 Å². The highest BCUT2D eigenvalue weighted by Gasteiger charge is 2.23. The van der Waals surface area contributed by atoms with Crippen LogP contribution in [0.3, 0.4) is 0 Å². The quantitative estimate of drug-likeness (QED) is 0.367. The second kappa shape index (κ2) is 8.70. The highest BCUT2D eigenvalue weighted by Crippen LogP contribution is 2.31. The molecule has 2 aromatic carbocycles. The predicted octanol–water partition coefficient (Wildman–Crippen LogP) is 5.89. The number of thiophene rings is 1. The van der Waals surface area contributed by atoms with Gasteiger partial charge in [0.2, 0.25) is 0 Å². The molecule has 9 heteroatoms. The minimum absolute atomic E-state index is 0.389. The number of anilines is 1. The summed E-state index contributed by atoms with van der Waals surface area (Å²) < 4.78 is 7.18. The van der Waals surface area contributed by atoms with Gasteiger partial charge in [-0.25, -0.2) is 9.48 Å². The van der Waals surface area contributed by atoms with Crippen LogP contribution in [-0.2, 0) is 9.53 Å². The van der Waals surface area contributed by atoms with Gasteiger partial charge >= 0.3 is 5.97 Å². The minimum Gasteiger partial charge on any atom is -0.448 e. The normalized spacial score (nSPS) is 12.0. The number of para-hydroxylation sites is 1. The van der Waals surface area contributed by atoms with E-state index in [9.17, 15) is 9.59 Å². The fourth-order valence-corrected chi connectivity index (χ4v) is 4.63. The maximum atomic E-state index is 12.7. The number of esters is 1. The predicted molar refractivity (Wildman–Crippen MR) is 124 cm³/mol. The van der Waals surface area contributed by atoms with E-state index in [1.54, 1.807) is 28.9 Å². The van der Waals surface area contributed by atoms with Crippen molar-refractivity contribution in [2.75, 3.05) is 5.32 Å². The third-order valence-corrected chi connectivity index (χ3v) is 6.06. The van der Waals surface area contributed by atoms with Crippen molar-refractivity contribution in [2.24, 2.45) is 0 Å². The number of halogens is 2. The number of carbonyl (C=O) groups is 2. The molecule has 0 radical (unpaired) electrons. The van der Waals surface area contributed by atoms with Gasteiger partial charge in [0, 0.05) is 21.1 Å². The molecule has 2 aromatic heterocycles. The second-order valence-corrected chi connectivity index (χ2v) is 8.76. The van der Waals surface area contributed by atoms with Crippen molar-refractivity contribution in [3.05, 3.63) is 75.2 Å². The molecule has 2 heterocycles. The fourth-order valence-electron chi connectivity index (χ4n) is 3.03. The van der Waals surface area contributed by atoms with E-state index < -0.39 is 18.0 Å². The third kappa shape index (κ3) is 4.58. The van der Waals surface area contributed by atoms with Crippen LogP contribution in [0.2, 0.25) is 10.0 Å². The average molecular weight is 474 g/mol. The Morgan fingerprint density at radius 2 is 1.77 bits per heavy atom. The number of aromatic nitrogens is 2. The number of fused-ring (bicyclic) bond motifs is 1. The molecule has 1 unspecified atom stereocenters. The number of ether oxygens (including phenoxy) is 1. The molecule has 1 N–H and O–H groups in total. The zero-order valence-corrected chi connectivity index (χ0v) is 18.9. The molecular weight excluding hydrogens is 457 g/mol. The van der Waals surface area contributed by atoms with Crippen molar-refractivity contribution in [2.45, 2.75) is 20.0 Å². The molecule has 6 nitrogen and oxygen atoms in total. The molecule has 0 fully saturated rings. The van der Waals surface area contributed by atoms with Crippen LogP contribution in [0, 0.1) is 6.92 Å². The van der Waals surface area contributed by atoms with E-state index >= 15 is 0 Å². The summed E-state index contributed by atoms with van der Waals surface area (Å²) >= 11 is 13.2. The van der Waals surface area contributed by atoms with Crippen LogP contribution in [0.1, 0.15) is 22.3 Å². The van der Waals surface area contributed by atoms with Gasteiger partial charge in [0.25, 0.3) is 5.91 Å². The number of nitrogens with one attached hydrogen (secondary N) is 1. The van der Waals surface area contributed by atoms with E-state index in [4.69, 9.17) is 27.9 Å². The van der Waals surface area contributed by atoms with E-state index in [1.807, 2.05) is 37.3 Å². The van der Waals surface area contributed by atoms with Crippen molar-refractivity contribution in [1.29, 1.82) is 0 Å². The summed E-state index contributed by atoms with van der Waals surface area (Å²) in [5.41, 5.74) is 2.12. The van der Waals surface area contributed by atoms with Gasteiger partial charge in [0.05, 0.1) is 11.4 Å². The van der Waals surface area contributed by atoms with Crippen LogP contribution in [0.15, 0.2) is 54.6 Å². The maximum Gasteiger partial charge on any atom is 0.349 e. The maximum absolute atomic E-state index is 12.7. The van der Waals surface area contributed by atoms with E-state index in [1.165, 1.54) is 18.3 Å². The Kier molecular flexibility index (Phi) is 6.00. The van der Waals surface area contributed by atoms with Crippen molar-refractivity contribution in [3.8, 4) is 5.69 Å². The fraction of sp³-hybridized carbons (Fsp3) is 0.136. The monoisotopic (exact) mass is 473 g/mol. The van der Waals surface area contributed by atoms with Gasteiger partial charge < -0.3 is 10.1 Å². The molecule has 0 aliphatic heterocycles. The van der Waals surface area contributed by atoms with Crippen LogP contribution in [0.25, 0.3) is 15.9 Å². The number of amides is 1. The molecule has 1 amide bonds. The number of hydrogen-bond donors (Lipinski definition) is 1. The highest BCUT2D eigenvalue weighted by molar-refractivity contribution is 7.20. The lowest BCUT2D eigenvalue weighted by Crippen LogP contribution is -2.29. The molecule has 1 atom stereocenters. The van der Waals surface area contributed by atoms with Gasteiger partial charge in [-0.3, -0.25) is 4.79 Å². The lowest BCUT2D eigenvalue weighted by molar-refractivity contribution is -0.123. The number of carbonyl (C=O) groups excluding carboxylic acids is 2. The second-order valence-electron chi connectivity index (χ2n) is 6.86. The SMILES string of the molecule is Cc1nn(-c2ccccc2)c2sc(C(=O)OC(C)C(=O)Nc3cc(Cl)cc(Cl)c3)cc12. The van der Waals surface area contributed by atoms with Gasteiger partial charge in [-0.05, 0) is 50.2 Å². The molecular formula is C22H17Cl2N3O3S. The molecule has 31 heavy (non-hydrogen) atoms. The van der Waals surface area contributed by atoms with Crippen LogP contribution >= 0.6 is 34.5 Å². The Balaban J connectivity index is 1.51. The third-order valence-electron chi connectivity index (χ3n) is 4.53. The van der Waals surface area contributed by atoms with E-state index in [0.717, 1.165) is 21.6 Å². The van der Waals surface area contributed by atoms with Crippen molar-refractivity contribution >= 4 is 62.3 Å². The van der Waals surface area contributed by atoms with Crippen LogP contribution in [0.5, 0.6) is 0 Å². The Morgan fingerprint density at radius 3 is 2.45 bits per heavy atom. The first-order valence-electron chi connectivity index (χ1n) is 9.34. The molecule has 0 bridgehead atoms. The molecule has 0 saturated heterocycles. The number of rotatable bonds is 5. The van der Waals surface area contributed by atoms with Crippen LogP contribution in [0.4, 0.5) is 5.69 Å². The van der Waals surface area contributed by atoms with Crippen molar-refractivity contribution < 1.29 is 14.3 Å².